The molecule has 0 saturated carbocycles. The van der Waals surface area contributed by atoms with Crippen molar-refractivity contribution in [1.82, 2.24) is 4.98 Å². The number of hydrogen-bond donors (Lipinski definition) is 1. The molecule has 0 spiro atoms. The third kappa shape index (κ3) is 2.33. The fourth-order valence-corrected chi connectivity index (χ4v) is 3.21. The molecule has 1 saturated heterocycles. The Morgan fingerprint density at radius 1 is 1.00 bits per heavy atom. The van der Waals surface area contributed by atoms with Gasteiger partial charge >= 0.3 is 0 Å². The quantitative estimate of drug-likeness (QED) is 0.894. The first-order valence-corrected chi connectivity index (χ1v) is 7.63. The number of hydrogen-bond acceptors (Lipinski definition) is 3. The standard InChI is InChI=1S/C17H23N3/c1-13-16(18-2)14-9-5-6-10-15(14)17(19-13)20-11-7-3-4-8-12-20/h5-6,9-10,18H,3-4,7-8,11-12H2,1-2H3. The van der Waals surface area contributed by atoms with Gasteiger partial charge in [0.15, 0.2) is 0 Å². The molecule has 0 atom stereocenters. The molecular formula is C17H23N3. The zero-order chi connectivity index (χ0) is 13.9. The molecule has 1 aliphatic rings. The van der Waals surface area contributed by atoms with Crippen LogP contribution >= 0.6 is 0 Å². The Balaban J connectivity index is 2.15. The van der Waals surface area contributed by atoms with Crippen LogP contribution in [-0.2, 0) is 0 Å². The smallest absolute Gasteiger partial charge is 0.136 e. The summed E-state index contributed by atoms with van der Waals surface area (Å²) in [5.41, 5.74) is 2.24. The maximum absolute atomic E-state index is 4.90. The fraction of sp³-hybridized carbons (Fsp3) is 0.471. The van der Waals surface area contributed by atoms with E-state index in [2.05, 4.69) is 41.4 Å². The lowest BCUT2D eigenvalue weighted by molar-refractivity contribution is 0.726. The maximum atomic E-state index is 4.90. The number of pyridine rings is 1. The Bertz CT molecular complexity index is 598. The van der Waals surface area contributed by atoms with Gasteiger partial charge in [0.1, 0.15) is 5.82 Å². The van der Waals surface area contributed by atoms with Gasteiger partial charge in [0.2, 0.25) is 0 Å². The van der Waals surface area contributed by atoms with Crippen molar-refractivity contribution in [2.24, 2.45) is 0 Å². The van der Waals surface area contributed by atoms with E-state index in [1.165, 1.54) is 42.3 Å². The first kappa shape index (κ1) is 13.2. The summed E-state index contributed by atoms with van der Waals surface area (Å²) in [6.45, 7) is 4.37. The second-order valence-corrected chi connectivity index (χ2v) is 5.59. The molecule has 1 N–H and O–H groups in total. The van der Waals surface area contributed by atoms with Gasteiger partial charge in [-0.2, -0.15) is 0 Å². The van der Waals surface area contributed by atoms with Gasteiger partial charge in [0.25, 0.3) is 0 Å². The minimum atomic E-state index is 1.09. The van der Waals surface area contributed by atoms with Gasteiger partial charge in [-0.25, -0.2) is 4.98 Å². The number of benzene rings is 1. The van der Waals surface area contributed by atoms with Gasteiger partial charge in [0.05, 0.1) is 11.4 Å². The molecule has 2 heterocycles. The number of aromatic nitrogens is 1. The van der Waals surface area contributed by atoms with E-state index in [1.807, 2.05) is 7.05 Å². The summed E-state index contributed by atoms with van der Waals surface area (Å²) in [7, 11) is 1.97. The van der Waals surface area contributed by atoms with E-state index in [0.29, 0.717) is 0 Å². The van der Waals surface area contributed by atoms with E-state index in [1.54, 1.807) is 0 Å². The van der Waals surface area contributed by atoms with Gasteiger partial charge in [-0.05, 0) is 19.8 Å². The SMILES string of the molecule is CNc1c(C)nc(N2CCCCCC2)c2ccccc12. The van der Waals surface area contributed by atoms with Crippen LogP contribution in [0, 0.1) is 6.92 Å². The first-order chi connectivity index (χ1) is 9.81. The highest BCUT2D eigenvalue weighted by Crippen LogP contribution is 2.33. The average molecular weight is 269 g/mol. The molecule has 0 radical (unpaired) electrons. The number of anilines is 2. The van der Waals surface area contributed by atoms with Crippen LogP contribution in [0.1, 0.15) is 31.4 Å². The number of aryl methyl sites for hydroxylation is 1. The summed E-state index contributed by atoms with van der Waals surface area (Å²) < 4.78 is 0. The highest BCUT2D eigenvalue weighted by Gasteiger charge is 2.16. The topological polar surface area (TPSA) is 28.2 Å². The normalized spacial score (nSPS) is 16.2. The third-order valence-electron chi connectivity index (χ3n) is 4.23. The Hall–Kier alpha value is -1.77. The number of nitrogens with zero attached hydrogens (tertiary/aromatic N) is 2. The van der Waals surface area contributed by atoms with Crippen LogP contribution in [0.25, 0.3) is 10.8 Å². The molecule has 0 aliphatic carbocycles. The molecule has 3 nitrogen and oxygen atoms in total. The zero-order valence-corrected chi connectivity index (χ0v) is 12.4. The molecule has 1 aromatic carbocycles. The number of nitrogens with one attached hydrogen (secondary N) is 1. The zero-order valence-electron chi connectivity index (χ0n) is 12.4. The van der Waals surface area contributed by atoms with E-state index < -0.39 is 0 Å². The summed E-state index contributed by atoms with van der Waals surface area (Å²) >= 11 is 0. The van der Waals surface area contributed by atoms with Crippen molar-refractivity contribution in [2.45, 2.75) is 32.6 Å². The highest BCUT2D eigenvalue weighted by atomic mass is 15.2. The van der Waals surface area contributed by atoms with Crippen molar-refractivity contribution in [3.05, 3.63) is 30.0 Å². The summed E-state index contributed by atoms with van der Waals surface area (Å²) in [5.74, 6) is 1.17. The number of fused-ring (bicyclic) bond motifs is 1. The minimum absolute atomic E-state index is 1.09. The van der Waals surface area contributed by atoms with Crippen LogP contribution in [0.2, 0.25) is 0 Å². The lowest BCUT2D eigenvalue weighted by Crippen LogP contribution is -2.25. The van der Waals surface area contributed by atoms with Crippen molar-refractivity contribution < 1.29 is 0 Å². The molecule has 0 bridgehead atoms. The van der Waals surface area contributed by atoms with Crippen LogP contribution in [0.15, 0.2) is 24.3 Å². The summed E-state index contributed by atoms with van der Waals surface area (Å²) in [6, 6.07) is 8.61. The molecule has 0 amide bonds. The van der Waals surface area contributed by atoms with Gasteiger partial charge in [-0.3, -0.25) is 0 Å². The van der Waals surface area contributed by atoms with Gasteiger partial charge < -0.3 is 10.2 Å². The van der Waals surface area contributed by atoms with E-state index in [9.17, 15) is 0 Å². The molecule has 2 aromatic rings. The Labute approximate surface area is 121 Å². The van der Waals surface area contributed by atoms with Crippen LogP contribution in [0.5, 0.6) is 0 Å². The van der Waals surface area contributed by atoms with Crippen molar-refractivity contribution >= 4 is 22.3 Å². The molecular weight excluding hydrogens is 246 g/mol. The summed E-state index contributed by atoms with van der Waals surface area (Å²) in [4.78, 5) is 7.37. The van der Waals surface area contributed by atoms with Crippen molar-refractivity contribution in [3.63, 3.8) is 0 Å². The summed E-state index contributed by atoms with van der Waals surface area (Å²) in [6.07, 6.45) is 5.26. The van der Waals surface area contributed by atoms with Crippen LogP contribution in [0.4, 0.5) is 11.5 Å². The second-order valence-electron chi connectivity index (χ2n) is 5.59. The monoisotopic (exact) mass is 269 g/mol. The molecule has 3 heteroatoms. The van der Waals surface area contributed by atoms with E-state index in [0.717, 1.165) is 24.5 Å². The predicted octanol–water partition coefficient (Wildman–Crippen LogP) is 3.97. The molecule has 1 fully saturated rings. The molecule has 1 aromatic heterocycles. The Morgan fingerprint density at radius 3 is 2.30 bits per heavy atom. The lowest BCUT2D eigenvalue weighted by Gasteiger charge is -2.24. The molecule has 3 rings (SSSR count). The lowest BCUT2D eigenvalue weighted by atomic mass is 10.1. The van der Waals surface area contributed by atoms with Crippen LogP contribution in [0.3, 0.4) is 0 Å². The van der Waals surface area contributed by atoms with Crippen LogP contribution in [-0.4, -0.2) is 25.1 Å². The predicted molar refractivity (Wildman–Crippen MR) is 86.7 cm³/mol. The van der Waals surface area contributed by atoms with Crippen LogP contribution < -0.4 is 10.2 Å². The van der Waals surface area contributed by atoms with Gasteiger partial charge in [-0.1, -0.05) is 37.1 Å². The maximum Gasteiger partial charge on any atom is 0.136 e. The molecule has 0 unspecified atom stereocenters. The van der Waals surface area contributed by atoms with E-state index >= 15 is 0 Å². The Kier molecular flexibility index (Phi) is 3.77. The Morgan fingerprint density at radius 2 is 1.65 bits per heavy atom. The third-order valence-corrected chi connectivity index (χ3v) is 4.23. The summed E-state index contributed by atoms with van der Waals surface area (Å²) in [5, 5.41) is 5.85. The molecule has 20 heavy (non-hydrogen) atoms. The number of rotatable bonds is 2. The van der Waals surface area contributed by atoms with E-state index in [-0.39, 0.29) is 0 Å². The van der Waals surface area contributed by atoms with Gasteiger partial charge in [-0.15, -0.1) is 0 Å². The van der Waals surface area contributed by atoms with Crippen molar-refractivity contribution in [3.8, 4) is 0 Å². The van der Waals surface area contributed by atoms with Crippen molar-refractivity contribution in [2.75, 3.05) is 30.4 Å². The van der Waals surface area contributed by atoms with Gasteiger partial charge in [0, 0.05) is 30.9 Å². The van der Waals surface area contributed by atoms with E-state index in [4.69, 9.17) is 4.98 Å². The minimum Gasteiger partial charge on any atom is -0.386 e. The highest BCUT2D eigenvalue weighted by molar-refractivity contribution is 6.01. The fourth-order valence-electron chi connectivity index (χ4n) is 3.21. The largest absolute Gasteiger partial charge is 0.386 e. The molecule has 1 aliphatic heterocycles. The second kappa shape index (κ2) is 5.70. The average Bonchev–Trinajstić information content (AvgIpc) is 2.75. The van der Waals surface area contributed by atoms with Crippen molar-refractivity contribution in [1.29, 1.82) is 0 Å². The first-order valence-electron chi connectivity index (χ1n) is 7.63. The molecule has 106 valence electrons.